The molecule has 0 radical (unpaired) electrons. The molecule has 0 aliphatic carbocycles. The second-order valence-electron chi connectivity index (χ2n) is 5.49. The molecule has 0 amide bonds. The van der Waals surface area contributed by atoms with Gasteiger partial charge in [0.1, 0.15) is 0 Å². The summed E-state index contributed by atoms with van der Waals surface area (Å²) < 4.78 is 56.9. The number of aromatic carboxylic acids is 1. The molecule has 0 bridgehead atoms. The quantitative estimate of drug-likeness (QED) is 0.626. The van der Waals surface area contributed by atoms with Crippen LogP contribution in [0.3, 0.4) is 0 Å². The number of nitrogens with zero attached hydrogens (tertiary/aromatic N) is 1. The van der Waals surface area contributed by atoms with E-state index in [1.807, 2.05) is 11.9 Å². The van der Waals surface area contributed by atoms with Crippen molar-refractivity contribution in [3.05, 3.63) is 23.8 Å². The molecule has 1 rings (SSSR count). The molecule has 1 aromatic rings. The number of anilines is 2. The third-order valence-electron chi connectivity index (χ3n) is 3.04. The number of benzene rings is 1. The second-order valence-corrected chi connectivity index (χ2v) is 7.24. The molecular formula is C15H21F3N2O6S. The third kappa shape index (κ3) is 9.68. The molecule has 0 atom stereocenters. The molecule has 0 aliphatic rings. The summed E-state index contributed by atoms with van der Waals surface area (Å²) in [5.41, 5.74) is 0.990. The number of aliphatic carboxylic acids is 1. The molecule has 0 unspecified atom stereocenters. The maximum atomic E-state index is 11.4. The standard InChI is InChI=1S/C13H20N2O4S.C2HF3O2/c1-4-5-8-15(2)12-7-6-10(13(16)17)9-11(12)14-20(3,18)19;3-2(4,5)1(6)7/h6-7,9,14H,4-5,8H2,1-3H3,(H,16,17);(H,6,7). The van der Waals surface area contributed by atoms with Gasteiger partial charge >= 0.3 is 18.1 Å². The highest BCUT2D eigenvalue weighted by atomic mass is 32.2. The van der Waals surface area contributed by atoms with Gasteiger partial charge in [0, 0.05) is 13.6 Å². The Morgan fingerprint density at radius 2 is 1.74 bits per heavy atom. The van der Waals surface area contributed by atoms with Gasteiger partial charge in [0.2, 0.25) is 10.0 Å². The Kier molecular flexibility index (Phi) is 9.07. The van der Waals surface area contributed by atoms with Gasteiger partial charge in [0.05, 0.1) is 23.2 Å². The van der Waals surface area contributed by atoms with Gasteiger partial charge in [0.25, 0.3) is 0 Å². The fourth-order valence-electron chi connectivity index (χ4n) is 1.80. The van der Waals surface area contributed by atoms with Crippen LogP contribution in [-0.2, 0) is 14.8 Å². The van der Waals surface area contributed by atoms with Crippen LogP contribution in [-0.4, -0.2) is 56.6 Å². The minimum atomic E-state index is -5.08. The predicted molar refractivity (Wildman–Crippen MR) is 93.7 cm³/mol. The lowest BCUT2D eigenvalue weighted by Gasteiger charge is -2.22. The van der Waals surface area contributed by atoms with Crippen LogP contribution in [0, 0.1) is 0 Å². The lowest BCUT2D eigenvalue weighted by Crippen LogP contribution is -2.21. The molecule has 12 heteroatoms. The number of unbranched alkanes of at least 4 members (excludes halogenated alkanes) is 1. The van der Waals surface area contributed by atoms with Crippen molar-refractivity contribution in [1.29, 1.82) is 0 Å². The number of rotatable bonds is 7. The lowest BCUT2D eigenvalue weighted by molar-refractivity contribution is -0.192. The Morgan fingerprint density at radius 1 is 1.22 bits per heavy atom. The fraction of sp³-hybridized carbons (Fsp3) is 0.467. The van der Waals surface area contributed by atoms with Crippen molar-refractivity contribution in [2.75, 3.05) is 29.5 Å². The summed E-state index contributed by atoms with van der Waals surface area (Å²) in [5.74, 6) is -3.85. The fourth-order valence-corrected chi connectivity index (χ4v) is 2.36. The third-order valence-corrected chi connectivity index (χ3v) is 3.63. The molecule has 8 nitrogen and oxygen atoms in total. The highest BCUT2D eigenvalue weighted by molar-refractivity contribution is 7.92. The highest BCUT2D eigenvalue weighted by Gasteiger charge is 2.38. The number of hydrogen-bond donors (Lipinski definition) is 3. The van der Waals surface area contributed by atoms with E-state index in [9.17, 15) is 26.4 Å². The van der Waals surface area contributed by atoms with Gasteiger partial charge < -0.3 is 15.1 Å². The molecule has 0 fully saturated rings. The summed E-state index contributed by atoms with van der Waals surface area (Å²) in [7, 11) is -1.62. The van der Waals surface area contributed by atoms with Crippen molar-refractivity contribution < 1.29 is 41.4 Å². The molecule has 0 aliphatic heterocycles. The second kappa shape index (κ2) is 10.00. The largest absolute Gasteiger partial charge is 0.490 e. The van der Waals surface area contributed by atoms with E-state index >= 15 is 0 Å². The number of carboxylic acid groups (broad SMARTS) is 2. The molecular weight excluding hydrogens is 393 g/mol. The van der Waals surface area contributed by atoms with Crippen LogP contribution in [0.2, 0.25) is 0 Å². The average Bonchev–Trinajstić information content (AvgIpc) is 2.50. The first-order chi connectivity index (χ1) is 12.2. The minimum Gasteiger partial charge on any atom is -0.478 e. The van der Waals surface area contributed by atoms with Crippen LogP contribution in [0.4, 0.5) is 24.5 Å². The first kappa shape index (κ1) is 24.5. The smallest absolute Gasteiger partial charge is 0.478 e. The number of halogens is 3. The summed E-state index contributed by atoms with van der Waals surface area (Å²) >= 11 is 0. The molecule has 0 saturated heterocycles. The Morgan fingerprint density at radius 3 is 2.11 bits per heavy atom. The van der Waals surface area contributed by atoms with E-state index in [-0.39, 0.29) is 11.3 Å². The van der Waals surface area contributed by atoms with E-state index in [0.717, 1.165) is 25.6 Å². The van der Waals surface area contributed by atoms with Crippen LogP contribution in [0.1, 0.15) is 30.1 Å². The van der Waals surface area contributed by atoms with Gasteiger partial charge in [-0.05, 0) is 24.6 Å². The van der Waals surface area contributed by atoms with Crippen LogP contribution in [0.15, 0.2) is 18.2 Å². The van der Waals surface area contributed by atoms with E-state index in [1.54, 1.807) is 6.07 Å². The maximum Gasteiger partial charge on any atom is 0.490 e. The van der Waals surface area contributed by atoms with Crippen LogP contribution in [0.25, 0.3) is 0 Å². The van der Waals surface area contributed by atoms with E-state index in [4.69, 9.17) is 15.0 Å². The normalized spacial score (nSPS) is 11.2. The van der Waals surface area contributed by atoms with Crippen LogP contribution >= 0.6 is 0 Å². The summed E-state index contributed by atoms with van der Waals surface area (Å²) in [4.78, 5) is 21.8. The first-order valence-electron chi connectivity index (χ1n) is 7.55. The van der Waals surface area contributed by atoms with Crippen LogP contribution in [0.5, 0.6) is 0 Å². The molecule has 0 spiro atoms. The van der Waals surface area contributed by atoms with Crippen molar-refractivity contribution in [2.24, 2.45) is 0 Å². The monoisotopic (exact) mass is 414 g/mol. The summed E-state index contributed by atoms with van der Waals surface area (Å²) in [6.07, 6.45) is -2.06. The summed E-state index contributed by atoms with van der Waals surface area (Å²) in [6, 6.07) is 4.42. The Balaban J connectivity index is 0.000000821. The van der Waals surface area contributed by atoms with Gasteiger partial charge in [0.15, 0.2) is 0 Å². The Bertz CT molecular complexity index is 765. The van der Waals surface area contributed by atoms with Gasteiger partial charge in [-0.1, -0.05) is 13.3 Å². The Hall–Kier alpha value is -2.50. The molecule has 0 saturated carbocycles. The maximum absolute atomic E-state index is 11.4. The van der Waals surface area contributed by atoms with E-state index in [1.165, 1.54) is 12.1 Å². The average molecular weight is 414 g/mol. The SMILES string of the molecule is CCCCN(C)c1ccc(C(=O)O)cc1NS(C)(=O)=O.O=C(O)C(F)(F)F. The van der Waals surface area contributed by atoms with Gasteiger partial charge in [-0.25, -0.2) is 18.0 Å². The number of nitrogens with one attached hydrogen (secondary N) is 1. The van der Waals surface area contributed by atoms with Crippen molar-refractivity contribution in [1.82, 2.24) is 0 Å². The van der Waals surface area contributed by atoms with Gasteiger partial charge in [-0.2, -0.15) is 13.2 Å². The van der Waals surface area contributed by atoms with Crippen molar-refractivity contribution in [3.8, 4) is 0 Å². The van der Waals surface area contributed by atoms with Crippen molar-refractivity contribution in [3.63, 3.8) is 0 Å². The van der Waals surface area contributed by atoms with Crippen LogP contribution < -0.4 is 9.62 Å². The minimum absolute atomic E-state index is 0.0452. The zero-order valence-electron chi connectivity index (χ0n) is 14.9. The lowest BCUT2D eigenvalue weighted by atomic mass is 10.1. The topological polar surface area (TPSA) is 124 Å². The summed E-state index contributed by atoms with van der Waals surface area (Å²) in [6.45, 7) is 2.83. The predicted octanol–water partition coefficient (Wildman–Crippen LogP) is 2.63. The van der Waals surface area contributed by atoms with E-state index < -0.39 is 28.1 Å². The number of carbonyl (C=O) groups is 2. The number of sulfonamides is 1. The van der Waals surface area contributed by atoms with Crippen molar-refractivity contribution in [2.45, 2.75) is 25.9 Å². The van der Waals surface area contributed by atoms with Gasteiger partial charge in [-0.15, -0.1) is 0 Å². The molecule has 27 heavy (non-hydrogen) atoms. The number of carboxylic acids is 2. The number of hydrogen-bond acceptors (Lipinski definition) is 5. The van der Waals surface area contributed by atoms with E-state index in [0.29, 0.717) is 5.69 Å². The molecule has 1 aromatic carbocycles. The zero-order chi connectivity index (χ0) is 21.4. The molecule has 154 valence electrons. The number of alkyl halides is 3. The molecule has 0 aromatic heterocycles. The summed E-state index contributed by atoms with van der Waals surface area (Å²) in [5, 5.41) is 16.1. The van der Waals surface area contributed by atoms with Gasteiger partial charge in [-0.3, -0.25) is 4.72 Å². The van der Waals surface area contributed by atoms with E-state index in [2.05, 4.69) is 11.6 Å². The molecule has 3 N–H and O–H groups in total. The Labute approximate surface area is 154 Å². The highest BCUT2D eigenvalue weighted by Crippen LogP contribution is 2.27. The zero-order valence-corrected chi connectivity index (χ0v) is 15.7. The molecule has 0 heterocycles. The first-order valence-corrected chi connectivity index (χ1v) is 9.44. The van der Waals surface area contributed by atoms with Crippen molar-refractivity contribution >= 4 is 33.3 Å².